The van der Waals surface area contributed by atoms with Crippen LogP contribution in [0.4, 0.5) is 0 Å². The summed E-state index contributed by atoms with van der Waals surface area (Å²) in [6, 6.07) is 44.3. The highest BCUT2D eigenvalue weighted by Gasteiger charge is 2.24. The number of benzene rings is 6. The van der Waals surface area contributed by atoms with E-state index >= 15 is 0 Å². The molecule has 0 unspecified atom stereocenters. The smallest absolute Gasteiger partial charge is 0.0810 e. The molecule has 0 aliphatic carbocycles. The predicted octanol–water partition coefficient (Wildman–Crippen LogP) is 9.57. The fourth-order valence-corrected chi connectivity index (χ4v) is 7.29. The first kappa shape index (κ1) is 19.8. The topological polar surface area (TPSA) is 25.1 Å². The number of rotatable bonds is 1. The van der Waals surface area contributed by atoms with Crippen molar-refractivity contribution < 1.29 is 0 Å². The number of hydrogen-bond donors (Lipinski definition) is 1. The first-order valence-electron chi connectivity index (χ1n) is 13.5. The normalized spacial score (nSPS) is 12.6. The van der Waals surface area contributed by atoms with E-state index in [4.69, 9.17) is 0 Å². The number of para-hydroxylation sites is 4. The summed E-state index contributed by atoms with van der Waals surface area (Å²) < 4.78 is 5.02. The molecule has 0 aliphatic rings. The Kier molecular flexibility index (Phi) is 3.44. The van der Waals surface area contributed by atoms with Gasteiger partial charge in [-0.25, -0.2) is 0 Å². The van der Waals surface area contributed by atoms with Gasteiger partial charge in [-0.15, -0.1) is 0 Å². The summed E-state index contributed by atoms with van der Waals surface area (Å²) in [6.45, 7) is 0. The number of H-pyrrole nitrogens is 1. The van der Waals surface area contributed by atoms with Crippen molar-refractivity contribution in [1.82, 2.24) is 14.0 Å². The van der Waals surface area contributed by atoms with Gasteiger partial charge in [0, 0.05) is 54.4 Å². The van der Waals surface area contributed by atoms with Crippen molar-refractivity contribution in [3.8, 4) is 5.69 Å². The van der Waals surface area contributed by atoms with Gasteiger partial charge in [-0.1, -0.05) is 84.9 Å². The minimum Gasteiger partial charge on any atom is -0.354 e. The van der Waals surface area contributed by atoms with E-state index < -0.39 is 0 Å². The lowest BCUT2D eigenvalue weighted by Crippen LogP contribution is -1.96. The van der Waals surface area contributed by atoms with Crippen molar-refractivity contribution in [2.75, 3.05) is 0 Å². The van der Waals surface area contributed by atoms with Gasteiger partial charge in [0.15, 0.2) is 0 Å². The molecule has 0 spiro atoms. The summed E-state index contributed by atoms with van der Waals surface area (Å²) in [4.78, 5) is 3.81. The third-order valence-electron chi connectivity index (χ3n) is 8.74. The van der Waals surface area contributed by atoms with E-state index in [1.807, 2.05) is 0 Å². The van der Waals surface area contributed by atoms with Gasteiger partial charge in [-0.2, -0.15) is 0 Å². The number of nitrogens with one attached hydrogen (secondary N) is 1. The fraction of sp³-hybridized carbons (Fsp3) is 0. The van der Waals surface area contributed by atoms with E-state index in [1.54, 1.807) is 0 Å². The van der Waals surface area contributed by atoms with E-state index in [2.05, 4.69) is 135 Å². The maximum Gasteiger partial charge on any atom is 0.0810 e. The number of nitrogens with zero attached hydrogens (tertiary/aromatic N) is 2. The summed E-state index contributed by atoms with van der Waals surface area (Å²) in [5.41, 5.74) is 9.75. The highest BCUT2D eigenvalue weighted by Crippen LogP contribution is 2.46. The summed E-state index contributed by atoms with van der Waals surface area (Å²) in [7, 11) is 0. The van der Waals surface area contributed by atoms with Crippen LogP contribution in [0.25, 0.3) is 87.4 Å². The van der Waals surface area contributed by atoms with Gasteiger partial charge in [0.1, 0.15) is 0 Å². The Labute approximate surface area is 222 Å². The van der Waals surface area contributed by atoms with Crippen LogP contribution in [0.1, 0.15) is 0 Å². The predicted molar refractivity (Wildman–Crippen MR) is 165 cm³/mol. The summed E-state index contributed by atoms with van der Waals surface area (Å²) >= 11 is 0. The van der Waals surface area contributed by atoms with Crippen LogP contribution in [0, 0.1) is 0 Å². The van der Waals surface area contributed by atoms with Crippen LogP contribution in [0.5, 0.6) is 0 Å². The maximum atomic E-state index is 3.81. The molecule has 10 aromatic rings. The van der Waals surface area contributed by atoms with E-state index in [9.17, 15) is 0 Å². The molecule has 39 heavy (non-hydrogen) atoms. The fourth-order valence-electron chi connectivity index (χ4n) is 7.29. The Balaban J connectivity index is 1.69. The molecule has 0 bridgehead atoms. The minimum atomic E-state index is 1.17. The van der Waals surface area contributed by atoms with Gasteiger partial charge in [0.2, 0.25) is 0 Å². The molecule has 0 fully saturated rings. The van der Waals surface area contributed by atoms with Crippen molar-refractivity contribution >= 4 is 81.7 Å². The Morgan fingerprint density at radius 3 is 1.90 bits per heavy atom. The molecule has 4 aromatic heterocycles. The van der Waals surface area contributed by atoms with Gasteiger partial charge in [0.25, 0.3) is 0 Å². The Bertz CT molecular complexity index is 2590. The second kappa shape index (κ2) is 6.77. The largest absolute Gasteiger partial charge is 0.354 e. The third-order valence-corrected chi connectivity index (χ3v) is 8.74. The molecule has 0 saturated heterocycles. The van der Waals surface area contributed by atoms with E-state index in [0.29, 0.717) is 0 Å². The Morgan fingerprint density at radius 2 is 1.05 bits per heavy atom. The average Bonchev–Trinajstić information content (AvgIpc) is 3.61. The lowest BCUT2D eigenvalue weighted by atomic mass is 10.0. The van der Waals surface area contributed by atoms with Crippen LogP contribution in [0.2, 0.25) is 0 Å². The van der Waals surface area contributed by atoms with Crippen molar-refractivity contribution in [3.05, 3.63) is 121 Å². The number of aromatic nitrogens is 3. The standard InChI is InChI=1S/C36H21N3/c1-2-10-21(11-3-1)38-30-18-6-5-13-23(30)27-20-29-33-32-24(14-9-17-28(32)37-29)26-16-8-15-25-22-12-4-7-19-31(22)39(34(25)26)36(33)35(27)38/h1-20,37H. The molecule has 0 saturated carbocycles. The van der Waals surface area contributed by atoms with Crippen LogP contribution in [0.3, 0.4) is 0 Å². The second-order valence-electron chi connectivity index (χ2n) is 10.6. The first-order chi connectivity index (χ1) is 19.4. The van der Waals surface area contributed by atoms with E-state index in [1.165, 1.54) is 87.4 Å². The van der Waals surface area contributed by atoms with Crippen LogP contribution in [0.15, 0.2) is 121 Å². The lowest BCUT2D eigenvalue weighted by Gasteiger charge is -2.11. The van der Waals surface area contributed by atoms with Gasteiger partial charge in [-0.05, 0) is 41.8 Å². The van der Waals surface area contributed by atoms with E-state index in [0.717, 1.165) is 0 Å². The van der Waals surface area contributed by atoms with Gasteiger partial charge >= 0.3 is 0 Å². The average molecular weight is 496 g/mol. The number of hydrogen-bond acceptors (Lipinski definition) is 0. The monoisotopic (exact) mass is 495 g/mol. The molecule has 3 heteroatoms. The molecule has 0 aliphatic heterocycles. The molecule has 10 rings (SSSR count). The maximum absolute atomic E-state index is 3.81. The van der Waals surface area contributed by atoms with Crippen LogP contribution in [-0.4, -0.2) is 14.0 Å². The molecule has 0 radical (unpaired) electrons. The van der Waals surface area contributed by atoms with Gasteiger partial charge in [-0.3, -0.25) is 0 Å². The van der Waals surface area contributed by atoms with Crippen molar-refractivity contribution in [2.45, 2.75) is 0 Å². The summed E-state index contributed by atoms with van der Waals surface area (Å²) in [5, 5.41) is 10.3. The second-order valence-corrected chi connectivity index (χ2v) is 10.6. The minimum absolute atomic E-state index is 1.17. The summed E-state index contributed by atoms with van der Waals surface area (Å²) in [6.07, 6.45) is 0. The van der Waals surface area contributed by atoms with Crippen molar-refractivity contribution in [2.24, 2.45) is 0 Å². The molecule has 6 aromatic carbocycles. The number of fused-ring (bicyclic) bond motifs is 9. The molecule has 4 heterocycles. The third kappa shape index (κ3) is 2.27. The molecule has 0 atom stereocenters. The zero-order chi connectivity index (χ0) is 25.2. The SMILES string of the molecule is c1ccc(-n2c3ccccc3c3cc4[nH]c5cccc6c7cccc8c9ccccc9n(c78)c(c4c56)c32)cc1. The number of aromatic amines is 1. The highest BCUT2D eigenvalue weighted by atomic mass is 15.0. The van der Waals surface area contributed by atoms with Crippen molar-refractivity contribution in [1.29, 1.82) is 0 Å². The molecule has 0 amide bonds. The van der Waals surface area contributed by atoms with Crippen LogP contribution < -0.4 is 0 Å². The first-order valence-corrected chi connectivity index (χ1v) is 13.5. The lowest BCUT2D eigenvalue weighted by molar-refractivity contribution is 1.18. The van der Waals surface area contributed by atoms with E-state index in [-0.39, 0.29) is 0 Å². The molecule has 3 nitrogen and oxygen atoms in total. The zero-order valence-electron chi connectivity index (χ0n) is 20.9. The zero-order valence-corrected chi connectivity index (χ0v) is 20.9. The Morgan fingerprint density at radius 1 is 0.410 bits per heavy atom. The van der Waals surface area contributed by atoms with Gasteiger partial charge < -0.3 is 14.0 Å². The summed E-state index contributed by atoms with van der Waals surface area (Å²) in [5.74, 6) is 0. The highest BCUT2D eigenvalue weighted by molar-refractivity contribution is 6.35. The van der Waals surface area contributed by atoms with Crippen LogP contribution >= 0.6 is 0 Å². The van der Waals surface area contributed by atoms with Crippen LogP contribution in [-0.2, 0) is 0 Å². The van der Waals surface area contributed by atoms with Gasteiger partial charge in [0.05, 0.1) is 27.6 Å². The van der Waals surface area contributed by atoms with Crippen molar-refractivity contribution in [3.63, 3.8) is 0 Å². The molecular formula is C36H21N3. The quantitative estimate of drug-likeness (QED) is 0.235. The molecule has 180 valence electrons. The molecule has 1 N–H and O–H groups in total. The molecular weight excluding hydrogens is 474 g/mol. The Hall–Kier alpha value is -5.28.